The molecule has 1 saturated heterocycles. The van der Waals surface area contributed by atoms with E-state index in [0.29, 0.717) is 10.6 Å². The van der Waals surface area contributed by atoms with E-state index in [-0.39, 0.29) is 6.42 Å². The fraction of sp³-hybridized carbons (Fsp3) is 0.429. The molecule has 1 aliphatic heterocycles. The number of halogens is 1. The van der Waals surface area contributed by atoms with E-state index in [1.54, 1.807) is 24.3 Å². The summed E-state index contributed by atoms with van der Waals surface area (Å²) in [5.41, 5.74) is 0.654. The zero-order valence-electron chi connectivity index (χ0n) is 11.1. The molecule has 5 nitrogen and oxygen atoms in total. The Kier molecular flexibility index (Phi) is 6.87. The normalized spacial score (nSPS) is 14.2. The molecule has 110 valence electrons. The predicted molar refractivity (Wildman–Crippen MR) is 76.2 cm³/mol. The molecule has 1 aromatic carbocycles. The summed E-state index contributed by atoms with van der Waals surface area (Å²) < 4.78 is 0. The van der Waals surface area contributed by atoms with Crippen LogP contribution >= 0.6 is 11.6 Å². The molecule has 1 fully saturated rings. The highest BCUT2D eigenvalue weighted by atomic mass is 35.5. The number of carbonyl (C=O) groups is 2. The molecule has 1 aromatic rings. The Hall–Kier alpha value is -1.75. The van der Waals surface area contributed by atoms with E-state index in [2.05, 4.69) is 0 Å². The Morgan fingerprint density at radius 1 is 1.10 bits per heavy atom. The highest BCUT2D eigenvalue weighted by Crippen LogP contribution is 2.14. The first-order valence-electron chi connectivity index (χ1n) is 6.43. The van der Waals surface area contributed by atoms with Crippen molar-refractivity contribution in [2.45, 2.75) is 25.7 Å². The molecule has 1 aliphatic rings. The van der Waals surface area contributed by atoms with Gasteiger partial charge in [-0.15, -0.1) is 0 Å². The predicted octanol–water partition coefficient (Wildman–Crippen LogP) is 3.12. The van der Waals surface area contributed by atoms with Crippen LogP contribution in [0.5, 0.6) is 0 Å². The van der Waals surface area contributed by atoms with Crippen LogP contribution in [0, 0.1) is 0 Å². The van der Waals surface area contributed by atoms with Crippen LogP contribution in [0.25, 0.3) is 0 Å². The van der Waals surface area contributed by atoms with E-state index in [9.17, 15) is 9.59 Å². The summed E-state index contributed by atoms with van der Waals surface area (Å²) in [7, 11) is 0. The van der Waals surface area contributed by atoms with Gasteiger partial charge in [0.1, 0.15) is 0 Å². The number of hydrogen-bond donors (Lipinski definition) is 2. The van der Waals surface area contributed by atoms with Gasteiger partial charge >= 0.3 is 12.1 Å². The fourth-order valence-electron chi connectivity index (χ4n) is 1.89. The van der Waals surface area contributed by atoms with Gasteiger partial charge in [-0.25, -0.2) is 4.79 Å². The summed E-state index contributed by atoms with van der Waals surface area (Å²) >= 11 is 5.70. The number of amides is 1. The van der Waals surface area contributed by atoms with Crippen molar-refractivity contribution in [3.63, 3.8) is 0 Å². The molecule has 2 rings (SSSR count). The number of aliphatic carboxylic acids is 1. The van der Waals surface area contributed by atoms with Gasteiger partial charge in [0, 0.05) is 18.1 Å². The van der Waals surface area contributed by atoms with Crippen molar-refractivity contribution in [2.24, 2.45) is 0 Å². The molecule has 2 N–H and O–H groups in total. The van der Waals surface area contributed by atoms with Crippen LogP contribution in [0.3, 0.4) is 0 Å². The number of carboxylic acid groups (broad SMARTS) is 2. The van der Waals surface area contributed by atoms with Crippen molar-refractivity contribution < 1.29 is 19.8 Å². The number of rotatable bonds is 2. The fourth-order valence-corrected chi connectivity index (χ4v) is 2.09. The van der Waals surface area contributed by atoms with Gasteiger partial charge in [0.25, 0.3) is 0 Å². The number of hydrogen-bond acceptors (Lipinski definition) is 2. The molecule has 0 unspecified atom stereocenters. The Morgan fingerprint density at radius 3 is 2.15 bits per heavy atom. The quantitative estimate of drug-likeness (QED) is 0.879. The monoisotopic (exact) mass is 299 g/mol. The molecule has 20 heavy (non-hydrogen) atoms. The van der Waals surface area contributed by atoms with Gasteiger partial charge in [-0.05, 0) is 30.9 Å². The number of carboxylic acids is 1. The minimum atomic E-state index is -0.863. The molecule has 0 bridgehead atoms. The molecule has 0 aliphatic carbocycles. The molecule has 0 atom stereocenters. The lowest BCUT2D eigenvalue weighted by Crippen LogP contribution is -2.34. The second-order valence-electron chi connectivity index (χ2n) is 4.49. The van der Waals surface area contributed by atoms with Crippen molar-refractivity contribution >= 4 is 23.7 Å². The van der Waals surface area contributed by atoms with E-state index in [1.165, 1.54) is 11.3 Å². The summed E-state index contributed by atoms with van der Waals surface area (Å²) in [5, 5.41) is 17.4. The van der Waals surface area contributed by atoms with Crippen LogP contribution in [0.1, 0.15) is 24.8 Å². The van der Waals surface area contributed by atoms with Gasteiger partial charge in [0.2, 0.25) is 0 Å². The van der Waals surface area contributed by atoms with E-state index >= 15 is 0 Å². The Bertz CT molecular complexity index is 458. The topological polar surface area (TPSA) is 77.8 Å². The first-order valence-corrected chi connectivity index (χ1v) is 6.81. The van der Waals surface area contributed by atoms with Crippen molar-refractivity contribution in [3.8, 4) is 0 Å². The molecule has 6 heteroatoms. The van der Waals surface area contributed by atoms with Crippen molar-refractivity contribution in [2.75, 3.05) is 13.1 Å². The van der Waals surface area contributed by atoms with Gasteiger partial charge < -0.3 is 15.1 Å². The molecule has 0 radical (unpaired) electrons. The molecule has 0 spiro atoms. The lowest BCUT2D eigenvalue weighted by Gasteiger charge is -2.22. The van der Waals surface area contributed by atoms with Crippen LogP contribution < -0.4 is 0 Å². The second-order valence-corrected chi connectivity index (χ2v) is 4.90. The summed E-state index contributed by atoms with van der Waals surface area (Å²) in [6, 6.07) is 6.92. The molecular weight excluding hydrogens is 282 g/mol. The Labute approximate surface area is 122 Å². The van der Waals surface area contributed by atoms with E-state index in [4.69, 9.17) is 21.8 Å². The minimum absolute atomic E-state index is 0.0142. The van der Waals surface area contributed by atoms with Crippen LogP contribution in [0.4, 0.5) is 4.79 Å². The smallest absolute Gasteiger partial charge is 0.407 e. The number of nitrogens with zero attached hydrogens (tertiary/aromatic N) is 1. The molecule has 1 heterocycles. The van der Waals surface area contributed by atoms with Crippen LogP contribution in [-0.2, 0) is 11.2 Å². The second kappa shape index (κ2) is 8.43. The summed E-state index contributed by atoms with van der Waals surface area (Å²) in [6.07, 6.45) is 2.47. The Balaban J connectivity index is 0.000000204. The lowest BCUT2D eigenvalue weighted by molar-refractivity contribution is -0.136. The maximum absolute atomic E-state index is 10.3. The highest BCUT2D eigenvalue weighted by Gasteiger charge is 2.13. The van der Waals surface area contributed by atoms with Crippen LogP contribution in [0.2, 0.25) is 5.02 Å². The first-order chi connectivity index (χ1) is 9.50. The summed E-state index contributed by atoms with van der Waals surface area (Å²) in [6.45, 7) is 1.46. The van der Waals surface area contributed by atoms with Crippen LogP contribution in [0.15, 0.2) is 24.3 Å². The summed E-state index contributed by atoms with van der Waals surface area (Å²) in [5.74, 6) is -0.863. The average molecular weight is 300 g/mol. The van der Waals surface area contributed by atoms with Gasteiger partial charge in [0.15, 0.2) is 0 Å². The van der Waals surface area contributed by atoms with Gasteiger partial charge in [-0.1, -0.05) is 29.8 Å². The minimum Gasteiger partial charge on any atom is -0.481 e. The van der Waals surface area contributed by atoms with Crippen LogP contribution in [-0.4, -0.2) is 40.3 Å². The van der Waals surface area contributed by atoms with Crippen molar-refractivity contribution in [1.29, 1.82) is 0 Å². The molecule has 0 aromatic heterocycles. The third-order valence-corrected chi connectivity index (χ3v) is 3.29. The third kappa shape index (κ3) is 5.93. The van der Waals surface area contributed by atoms with E-state index in [1.807, 2.05) is 0 Å². The number of likely N-dealkylation sites (tertiary alicyclic amines) is 1. The number of piperidine rings is 1. The van der Waals surface area contributed by atoms with Gasteiger partial charge in [-0.3, -0.25) is 4.79 Å². The largest absolute Gasteiger partial charge is 0.481 e. The van der Waals surface area contributed by atoms with E-state index in [0.717, 1.165) is 25.9 Å². The zero-order chi connectivity index (χ0) is 15.0. The number of benzene rings is 1. The Morgan fingerprint density at radius 2 is 1.70 bits per heavy atom. The SMILES string of the molecule is O=C(O)Cc1ccccc1Cl.O=C(O)N1CCCCC1. The van der Waals surface area contributed by atoms with Gasteiger partial charge in [0.05, 0.1) is 6.42 Å². The van der Waals surface area contributed by atoms with Gasteiger partial charge in [-0.2, -0.15) is 0 Å². The average Bonchev–Trinajstić information content (AvgIpc) is 2.43. The summed E-state index contributed by atoms with van der Waals surface area (Å²) in [4.78, 5) is 22.0. The third-order valence-electron chi connectivity index (χ3n) is 2.93. The van der Waals surface area contributed by atoms with Crippen molar-refractivity contribution in [3.05, 3.63) is 34.9 Å². The molecule has 0 saturated carbocycles. The maximum Gasteiger partial charge on any atom is 0.407 e. The van der Waals surface area contributed by atoms with Crippen molar-refractivity contribution in [1.82, 2.24) is 4.90 Å². The first kappa shape index (κ1) is 16.3. The zero-order valence-corrected chi connectivity index (χ0v) is 11.8. The molecular formula is C14H18ClNO4. The lowest BCUT2D eigenvalue weighted by atomic mass is 10.1. The maximum atomic E-state index is 10.3. The molecule has 1 amide bonds. The highest BCUT2D eigenvalue weighted by molar-refractivity contribution is 6.31. The van der Waals surface area contributed by atoms with E-state index < -0.39 is 12.1 Å². The standard InChI is InChI=1S/C8H7ClO2.C6H11NO2/c9-7-4-2-1-3-6(7)5-8(10)11;8-6(9)7-4-2-1-3-5-7/h1-4H,5H2,(H,10,11);1-5H2,(H,8,9).